The van der Waals surface area contributed by atoms with Crippen LogP contribution >= 0.6 is 38.5 Å². The summed E-state index contributed by atoms with van der Waals surface area (Å²) < 4.78 is 15.3. The number of hydrogen-bond donors (Lipinski definition) is 1. The van der Waals surface area contributed by atoms with Gasteiger partial charge in [0.1, 0.15) is 11.9 Å². The van der Waals surface area contributed by atoms with Crippen molar-refractivity contribution in [2.24, 2.45) is 0 Å². The molecule has 0 aliphatic heterocycles. The summed E-state index contributed by atoms with van der Waals surface area (Å²) in [6, 6.07) is 12.0. The molecule has 0 spiro atoms. The summed E-state index contributed by atoms with van der Waals surface area (Å²) >= 11 is 5.40. The van der Waals surface area contributed by atoms with Gasteiger partial charge in [0.25, 0.3) is 0 Å². The summed E-state index contributed by atoms with van der Waals surface area (Å²) in [7, 11) is 0. The van der Waals surface area contributed by atoms with Crippen molar-refractivity contribution in [3.05, 3.63) is 67.5 Å². The summed E-state index contributed by atoms with van der Waals surface area (Å²) in [6.45, 7) is 0. The molecule has 0 aliphatic carbocycles. The van der Waals surface area contributed by atoms with Gasteiger partial charge in [-0.2, -0.15) is 0 Å². The molecule has 0 fully saturated rings. The zero-order valence-corrected chi connectivity index (χ0v) is 12.4. The van der Waals surface area contributed by atoms with Crippen molar-refractivity contribution in [2.45, 2.75) is 6.10 Å². The zero-order valence-electron chi connectivity index (χ0n) is 8.70. The van der Waals surface area contributed by atoms with Gasteiger partial charge in [-0.25, -0.2) is 4.39 Å². The standard InChI is InChI=1S/C13H9BrFIO/c14-8-5-6-11(15)10(7-8)13(17)9-3-1-2-4-12(9)16/h1-7,13,17H. The fraction of sp³-hybridized carbons (Fsp3) is 0.0769. The fourth-order valence-electron chi connectivity index (χ4n) is 1.59. The van der Waals surface area contributed by atoms with Crippen LogP contribution in [0.4, 0.5) is 4.39 Å². The molecular formula is C13H9BrFIO. The highest BCUT2D eigenvalue weighted by Gasteiger charge is 2.17. The maximum Gasteiger partial charge on any atom is 0.129 e. The van der Waals surface area contributed by atoms with E-state index < -0.39 is 11.9 Å². The Labute approximate surface area is 121 Å². The fourth-order valence-corrected chi connectivity index (χ4v) is 2.65. The molecule has 1 nitrogen and oxygen atoms in total. The molecule has 0 aliphatic rings. The van der Waals surface area contributed by atoms with E-state index >= 15 is 0 Å². The number of benzene rings is 2. The van der Waals surface area contributed by atoms with Crippen LogP contribution in [0.3, 0.4) is 0 Å². The summed E-state index contributed by atoms with van der Waals surface area (Å²) in [5.74, 6) is -0.402. The van der Waals surface area contributed by atoms with Gasteiger partial charge in [-0.1, -0.05) is 34.1 Å². The molecule has 0 saturated carbocycles. The Morgan fingerprint density at radius 1 is 1.12 bits per heavy atom. The normalized spacial score (nSPS) is 12.5. The van der Waals surface area contributed by atoms with E-state index in [1.54, 1.807) is 18.2 Å². The van der Waals surface area contributed by atoms with Crippen LogP contribution in [0.1, 0.15) is 17.2 Å². The highest BCUT2D eigenvalue weighted by molar-refractivity contribution is 14.1. The van der Waals surface area contributed by atoms with E-state index in [1.807, 2.05) is 18.2 Å². The van der Waals surface area contributed by atoms with Gasteiger partial charge in [-0.3, -0.25) is 0 Å². The smallest absolute Gasteiger partial charge is 0.129 e. The van der Waals surface area contributed by atoms with Crippen LogP contribution in [0.25, 0.3) is 0 Å². The minimum absolute atomic E-state index is 0.281. The lowest BCUT2D eigenvalue weighted by Crippen LogP contribution is -2.04. The molecule has 0 bridgehead atoms. The van der Waals surface area contributed by atoms with Gasteiger partial charge in [0.2, 0.25) is 0 Å². The van der Waals surface area contributed by atoms with Gasteiger partial charge in [-0.15, -0.1) is 0 Å². The Hall–Kier alpha value is -0.460. The van der Waals surface area contributed by atoms with E-state index in [2.05, 4.69) is 38.5 Å². The third kappa shape index (κ3) is 2.86. The summed E-state index contributed by atoms with van der Waals surface area (Å²) in [4.78, 5) is 0. The molecule has 0 heterocycles. The molecule has 0 amide bonds. The summed E-state index contributed by atoms with van der Waals surface area (Å²) in [6.07, 6.45) is -0.944. The first-order valence-electron chi connectivity index (χ1n) is 4.97. The van der Waals surface area contributed by atoms with Crippen LogP contribution in [0.2, 0.25) is 0 Å². The van der Waals surface area contributed by atoms with Crippen LogP contribution in [-0.4, -0.2) is 5.11 Å². The lowest BCUT2D eigenvalue weighted by atomic mass is 10.0. The van der Waals surface area contributed by atoms with E-state index in [4.69, 9.17) is 0 Å². The first kappa shape index (κ1) is 13.0. The largest absolute Gasteiger partial charge is 0.384 e. The Balaban J connectivity index is 2.47. The Kier molecular flexibility index (Phi) is 4.17. The lowest BCUT2D eigenvalue weighted by Gasteiger charge is -2.14. The van der Waals surface area contributed by atoms with Crippen molar-refractivity contribution in [1.29, 1.82) is 0 Å². The number of aliphatic hydroxyl groups is 1. The summed E-state index contributed by atoms with van der Waals surface area (Å²) in [5, 5.41) is 10.2. The predicted molar refractivity (Wildman–Crippen MR) is 77.3 cm³/mol. The van der Waals surface area contributed by atoms with E-state index in [9.17, 15) is 9.50 Å². The van der Waals surface area contributed by atoms with E-state index in [-0.39, 0.29) is 5.56 Å². The van der Waals surface area contributed by atoms with Crippen molar-refractivity contribution in [2.75, 3.05) is 0 Å². The van der Waals surface area contributed by atoms with Gasteiger partial charge in [-0.05, 0) is 52.4 Å². The van der Waals surface area contributed by atoms with E-state index in [0.717, 1.165) is 8.04 Å². The van der Waals surface area contributed by atoms with Gasteiger partial charge in [0, 0.05) is 13.6 Å². The molecule has 0 radical (unpaired) electrons. The third-order valence-corrected chi connectivity index (χ3v) is 3.93. The first-order valence-corrected chi connectivity index (χ1v) is 6.84. The maximum absolute atomic E-state index is 13.7. The van der Waals surface area contributed by atoms with Crippen molar-refractivity contribution in [1.82, 2.24) is 0 Å². The quantitative estimate of drug-likeness (QED) is 0.738. The van der Waals surface area contributed by atoms with Gasteiger partial charge in [0.15, 0.2) is 0 Å². The second-order valence-electron chi connectivity index (χ2n) is 3.59. The molecule has 2 rings (SSSR count). The summed E-state index contributed by atoms with van der Waals surface area (Å²) in [5.41, 5.74) is 0.994. The molecule has 1 unspecified atom stereocenters. The number of aliphatic hydroxyl groups excluding tert-OH is 1. The molecule has 2 aromatic rings. The molecule has 1 N–H and O–H groups in total. The average Bonchev–Trinajstić information content (AvgIpc) is 2.32. The number of hydrogen-bond acceptors (Lipinski definition) is 1. The molecule has 88 valence electrons. The Morgan fingerprint density at radius 3 is 2.53 bits per heavy atom. The van der Waals surface area contributed by atoms with Crippen molar-refractivity contribution < 1.29 is 9.50 Å². The Morgan fingerprint density at radius 2 is 1.82 bits per heavy atom. The maximum atomic E-state index is 13.7. The second-order valence-corrected chi connectivity index (χ2v) is 5.67. The molecule has 2 aromatic carbocycles. The average molecular weight is 407 g/mol. The van der Waals surface area contributed by atoms with Crippen LogP contribution < -0.4 is 0 Å². The van der Waals surface area contributed by atoms with Gasteiger partial charge in [0.05, 0.1) is 0 Å². The minimum Gasteiger partial charge on any atom is -0.384 e. The minimum atomic E-state index is -0.944. The predicted octanol–water partition coefficient (Wildman–Crippen LogP) is 4.27. The van der Waals surface area contributed by atoms with Crippen LogP contribution in [0.5, 0.6) is 0 Å². The molecule has 0 saturated heterocycles. The molecule has 4 heteroatoms. The molecule has 1 atom stereocenters. The van der Waals surface area contributed by atoms with Crippen LogP contribution in [-0.2, 0) is 0 Å². The van der Waals surface area contributed by atoms with Gasteiger partial charge < -0.3 is 5.11 Å². The Bertz CT molecular complexity index is 545. The lowest BCUT2D eigenvalue weighted by molar-refractivity contribution is 0.214. The molecule has 0 aromatic heterocycles. The first-order chi connectivity index (χ1) is 8.09. The monoisotopic (exact) mass is 406 g/mol. The van der Waals surface area contributed by atoms with E-state index in [1.165, 1.54) is 6.07 Å². The van der Waals surface area contributed by atoms with E-state index in [0.29, 0.717) is 5.56 Å². The SMILES string of the molecule is OC(c1cc(Br)ccc1F)c1ccccc1I. The van der Waals surface area contributed by atoms with Crippen LogP contribution in [0.15, 0.2) is 46.9 Å². The van der Waals surface area contributed by atoms with Crippen molar-refractivity contribution >= 4 is 38.5 Å². The highest BCUT2D eigenvalue weighted by Crippen LogP contribution is 2.29. The van der Waals surface area contributed by atoms with Crippen LogP contribution in [0, 0.1) is 9.39 Å². The highest BCUT2D eigenvalue weighted by atomic mass is 127. The van der Waals surface area contributed by atoms with Crippen molar-refractivity contribution in [3.63, 3.8) is 0 Å². The van der Waals surface area contributed by atoms with Gasteiger partial charge >= 0.3 is 0 Å². The second kappa shape index (κ2) is 5.46. The topological polar surface area (TPSA) is 20.2 Å². The zero-order chi connectivity index (χ0) is 12.4. The van der Waals surface area contributed by atoms with Crippen molar-refractivity contribution in [3.8, 4) is 0 Å². The third-order valence-electron chi connectivity index (χ3n) is 2.45. The molecule has 17 heavy (non-hydrogen) atoms. The number of halogens is 3. The number of rotatable bonds is 2. The molecular weight excluding hydrogens is 398 g/mol.